The zero-order valence-electron chi connectivity index (χ0n) is 30.6. The van der Waals surface area contributed by atoms with Crippen molar-refractivity contribution in [2.45, 2.75) is 70.0 Å². The first-order valence-corrected chi connectivity index (χ1v) is 19.9. The van der Waals surface area contributed by atoms with Crippen molar-refractivity contribution in [2.75, 3.05) is 11.5 Å². The number of nitrogen functional groups attached to an aromatic ring is 2. The molecule has 57 heavy (non-hydrogen) atoms. The van der Waals surface area contributed by atoms with Crippen LogP contribution in [-0.2, 0) is 26.1 Å². The predicted octanol–water partition coefficient (Wildman–Crippen LogP) is 4.44. The molecule has 0 amide bonds. The summed E-state index contributed by atoms with van der Waals surface area (Å²) in [4.78, 5) is 42.1. The van der Waals surface area contributed by atoms with Gasteiger partial charge in [0.15, 0.2) is 21.7 Å². The number of fused-ring (bicyclic) bond motifs is 2. The van der Waals surface area contributed by atoms with Crippen LogP contribution in [0.2, 0.25) is 0 Å². The number of rotatable bonds is 12. The molecule has 0 saturated heterocycles. The van der Waals surface area contributed by atoms with Crippen molar-refractivity contribution in [3.63, 3.8) is 0 Å². The molecule has 0 radical (unpaired) electrons. The molecular weight excluding hydrogens is 767 g/mol. The minimum atomic E-state index is -1.08. The highest BCUT2D eigenvalue weighted by Gasteiger charge is 2.25. The first kappa shape index (κ1) is 37.5. The molecule has 18 nitrogen and oxygen atoms in total. The fourth-order valence-electron chi connectivity index (χ4n) is 6.12. The third-order valence-electron chi connectivity index (χ3n) is 9.32. The first-order chi connectivity index (χ1) is 27.6. The molecule has 0 atom stereocenters. The largest absolute Gasteiger partial charge is 0.476 e. The third-order valence-corrected chi connectivity index (χ3v) is 11.1. The number of aromatic carboxylic acids is 1. The summed E-state index contributed by atoms with van der Waals surface area (Å²) in [6, 6.07) is 8.36. The maximum Gasteiger partial charge on any atom is 0.358 e. The van der Waals surface area contributed by atoms with Crippen molar-refractivity contribution in [3.05, 3.63) is 117 Å². The van der Waals surface area contributed by atoms with E-state index in [0.717, 1.165) is 32.4 Å². The Bertz CT molecular complexity index is 2660. The summed E-state index contributed by atoms with van der Waals surface area (Å²) in [6.45, 7) is 1.42. The van der Waals surface area contributed by atoms with Crippen LogP contribution in [-0.4, -0.2) is 75.6 Å². The first-order valence-electron chi connectivity index (χ1n) is 18.3. The molecule has 10 rings (SSSR count). The van der Waals surface area contributed by atoms with Crippen LogP contribution in [0.25, 0.3) is 11.3 Å². The van der Waals surface area contributed by atoms with E-state index in [1.54, 1.807) is 23.3 Å². The molecule has 8 aromatic rings. The van der Waals surface area contributed by atoms with Gasteiger partial charge < -0.3 is 31.1 Å². The molecule has 0 bridgehead atoms. The zero-order chi connectivity index (χ0) is 39.5. The Morgan fingerprint density at radius 1 is 0.702 bits per heavy atom. The molecule has 0 aliphatic heterocycles. The molecular formula is C37H39N15O3S2. The lowest BCUT2D eigenvalue weighted by molar-refractivity contribution is 0.0690. The van der Waals surface area contributed by atoms with Crippen molar-refractivity contribution in [3.8, 4) is 0 Å². The van der Waals surface area contributed by atoms with Crippen LogP contribution in [0.1, 0.15) is 97.2 Å². The molecule has 7 N–H and O–H groups in total. The summed E-state index contributed by atoms with van der Waals surface area (Å²) in [5.41, 5.74) is 22.7. The lowest BCUT2D eigenvalue weighted by atomic mass is 10.1. The second-order valence-corrected chi connectivity index (χ2v) is 16.1. The Balaban J connectivity index is 0.000000137. The van der Waals surface area contributed by atoms with E-state index >= 15 is 0 Å². The predicted molar refractivity (Wildman–Crippen MR) is 213 cm³/mol. The van der Waals surface area contributed by atoms with Crippen molar-refractivity contribution in [1.29, 1.82) is 0 Å². The Kier molecular flexibility index (Phi) is 10.8. The van der Waals surface area contributed by atoms with E-state index in [0.29, 0.717) is 60.3 Å². The van der Waals surface area contributed by atoms with Crippen molar-refractivity contribution in [1.82, 2.24) is 58.7 Å². The molecule has 8 aromatic heterocycles. The summed E-state index contributed by atoms with van der Waals surface area (Å²) >= 11 is 2.83. The normalized spacial score (nSPS) is 13.6. The lowest BCUT2D eigenvalue weighted by Gasteiger charge is -1.98. The maximum atomic E-state index is 12.4. The van der Waals surface area contributed by atoms with Gasteiger partial charge in [0.25, 0.3) is 0 Å². The number of aromatic nitrogens is 12. The van der Waals surface area contributed by atoms with Gasteiger partial charge in [-0.1, -0.05) is 22.6 Å². The number of carbonyl (C=O) groups excluding carboxylic acids is 1. The Hall–Kier alpha value is -6.38. The molecule has 0 spiro atoms. The number of imidazole rings is 2. The molecule has 0 aromatic carbocycles. The number of hydrogen-bond acceptors (Lipinski definition) is 15. The number of carboxylic acid groups (broad SMARTS) is 1. The number of carboxylic acids is 1. The number of carbonyl (C=O) groups is 2. The van der Waals surface area contributed by atoms with Gasteiger partial charge in [0, 0.05) is 59.9 Å². The number of ketones is 1. The summed E-state index contributed by atoms with van der Waals surface area (Å²) in [5.74, 6) is 0.293. The van der Waals surface area contributed by atoms with Crippen LogP contribution in [0, 0.1) is 0 Å². The van der Waals surface area contributed by atoms with Crippen LogP contribution >= 0.6 is 22.7 Å². The molecule has 292 valence electrons. The van der Waals surface area contributed by atoms with Crippen LogP contribution in [0.4, 0.5) is 10.3 Å². The number of nitrogens with zero attached hydrogens (tertiary/aromatic N) is 12. The Morgan fingerprint density at radius 3 is 1.65 bits per heavy atom. The summed E-state index contributed by atoms with van der Waals surface area (Å²) < 4.78 is 7.21. The molecule has 20 heteroatoms. The smallest absolute Gasteiger partial charge is 0.358 e. The average molecular weight is 806 g/mol. The van der Waals surface area contributed by atoms with Crippen molar-refractivity contribution < 1.29 is 14.7 Å². The van der Waals surface area contributed by atoms with E-state index in [-0.39, 0.29) is 11.5 Å². The van der Waals surface area contributed by atoms with Crippen LogP contribution in [0.5, 0.6) is 0 Å². The van der Waals surface area contributed by atoms with Crippen molar-refractivity contribution in [2.24, 2.45) is 5.73 Å². The van der Waals surface area contributed by atoms with Gasteiger partial charge in [-0.25, -0.2) is 34.1 Å². The number of anilines is 2. The standard InChI is InChI=1S/C19H19N7OS.C14H13N5O2.C4H7N3S/c20-19-21-7-15(28-19)4-5-17(27)16-11-26(24-23-16)10-14-9-25-8-13(12-1-2-12)3-6-18(25)22-14;20-14(21)12-8-19(17-16-12)7-11-6-18-5-10(9-1-2-9)3-4-13(18)15-11;5-1-3-2-7-4(6)8-3/h3,6-9,11-12H,1-2,4-5,10H2,(H2,20,21);3-6,8-9H,1-2,7H2,(H,20,21);2H,1,5H2,(H2,6,7). The van der Waals surface area contributed by atoms with Crippen molar-refractivity contribution >= 4 is 56.0 Å². The van der Waals surface area contributed by atoms with Gasteiger partial charge in [-0.05, 0) is 67.2 Å². The zero-order valence-corrected chi connectivity index (χ0v) is 32.3. The number of nitrogens with two attached hydrogens (primary N) is 3. The second-order valence-electron chi connectivity index (χ2n) is 13.8. The number of Topliss-reactive ketones (excluding diaryl/α,β-unsaturated/α-hetero) is 1. The summed E-state index contributed by atoms with van der Waals surface area (Å²) in [5, 5.41) is 25.4. The van der Waals surface area contributed by atoms with Gasteiger partial charge in [-0.3, -0.25) is 4.79 Å². The highest BCUT2D eigenvalue weighted by Crippen LogP contribution is 2.40. The molecule has 0 unspecified atom stereocenters. The molecule has 2 fully saturated rings. The third kappa shape index (κ3) is 9.54. The quantitative estimate of drug-likeness (QED) is 0.125. The molecule has 2 saturated carbocycles. The number of thiazole rings is 2. The maximum absolute atomic E-state index is 12.4. The highest BCUT2D eigenvalue weighted by molar-refractivity contribution is 7.15. The van der Waals surface area contributed by atoms with Gasteiger partial charge in [0.05, 0.1) is 36.9 Å². The number of pyridine rings is 2. The Labute approximate surface area is 333 Å². The van der Waals surface area contributed by atoms with Crippen LogP contribution in [0.3, 0.4) is 0 Å². The van der Waals surface area contributed by atoms with Gasteiger partial charge in [-0.15, -0.1) is 32.9 Å². The van der Waals surface area contributed by atoms with Gasteiger partial charge in [0.1, 0.15) is 17.0 Å². The monoisotopic (exact) mass is 805 g/mol. The van der Waals surface area contributed by atoms with Gasteiger partial charge >= 0.3 is 5.97 Å². The minimum Gasteiger partial charge on any atom is -0.476 e. The summed E-state index contributed by atoms with van der Waals surface area (Å²) in [7, 11) is 0. The van der Waals surface area contributed by atoms with E-state index in [4.69, 9.17) is 22.3 Å². The minimum absolute atomic E-state index is 0.0395. The topological polar surface area (TPSA) is 254 Å². The summed E-state index contributed by atoms with van der Waals surface area (Å²) in [6.07, 6.45) is 20.8. The van der Waals surface area contributed by atoms with E-state index in [9.17, 15) is 9.59 Å². The number of hydrogen-bond donors (Lipinski definition) is 4. The molecule has 2 aliphatic carbocycles. The lowest BCUT2D eigenvalue weighted by Crippen LogP contribution is -2.02. The van der Waals surface area contributed by atoms with E-state index in [2.05, 4.69) is 75.6 Å². The fraction of sp³-hybridized carbons (Fsp3) is 0.297. The highest BCUT2D eigenvalue weighted by atomic mass is 32.1. The number of aryl methyl sites for hydroxylation is 1. The van der Waals surface area contributed by atoms with E-state index in [1.165, 1.54) is 70.4 Å². The second kappa shape index (κ2) is 16.4. The average Bonchev–Trinajstić information content (AvgIpc) is 3.77. The molecule has 2 aliphatic rings. The SMILES string of the molecule is NCc1cnc(N)s1.Nc1ncc(CCC(=O)c2cn(Cc3cn4cc(C5CC5)ccc4n3)nn2)s1.O=C(O)c1cn(Cc2cn3cc(C4CC4)ccc3n2)nn1. The van der Waals surface area contributed by atoms with Gasteiger partial charge in [0.2, 0.25) is 0 Å². The Morgan fingerprint density at radius 2 is 1.21 bits per heavy atom. The fourth-order valence-corrected chi connectivity index (χ4v) is 7.37. The van der Waals surface area contributed by atoms with Crippen LogP contribution in [0.15, 0.2) is 73.8 Å². The van der Waals surface area contributed by atoms with Gasteiger partial charge in [-0.2, -0.15) is 0 Å². The molecule has 8 heterocycles. The van der Waals surface area contributed by atoms with E-state index in [1.807, 2.05) is 22.9 Å². The van der Waals surface area contributed by atoms with E-state index < -0.39 is 5.97 Å². The van der Waals surface area contributed by atoms with Crippen LogP contribution < -0.4 is 17.2 Å².